The van der Waals surface area contributed by atoms with E-state index in [1.54, 1.807) is 11.3 Å². The molecule has 1 aromatic heterocycles. The molecule has 1 amide bonds. The van der Waals surface area contributed by atoms with Gasteiger partial charge in [0.15, 0.2) is 0 Å². The Kier molecular flexibility index (Phi) is 5.66. The number of piperazine rings is 1. The van der Waals surface area contributed by atoms with Gasteiger partial charge in [-0.25, -0.2) is 0 Å². The molecule has 0 bridgehead atoms. The van der Waals surface area contributed by atoms with Gasteiger partial charge in [-0.05, 0) is 53.4 Å². The van der Waals surface area contributed by atoms with E-state index in [1.165, 1.54) is 5.56 Å². The average molecular weight is 343 g/mol. The Hall–Kier alpha value is -1.69. The maximum atomic E-state index is 12.3. The van der Waals surface area contributed by atoms with E-state index >= 15 is 0 Å². The number of thiophene rings is 1. The van der Waals surface area contributed by atoms with Crippen molar-refractivity contribution in [3.8, 4) is 0 Å². The van der Waals surface area contributed by atoms with Crippen molar-refractivity contribution in [2.75, 3.05) is 38.0 Å². The molecule has 1 aromatic carbocycles. The number of anilines is 1. The summed E-state index contributed by atoms with van der Waals surface area (Å²) < 4.78 is 0. The topological polar surface area (TPSA) is 35.6 Å². The van der Waals surface area contributed by atoms with Crippen LogP contribution in [-0.4, -0.2) is 48.4 Å². The summed E-state index contributed by atoms with van der Waals surface area (Å²) in [6, 6.07) is 8.34. The van der Waals surface area contributed by atoms with Crippen LogP contribution in [0, 0.1) is 13.8 Å². The first kappa shape index (κ1) is 17.1. The number of benzene rings is 1. The summed E-state index contributed by atoms with van der Waals surface area (Å²) in [6.07, 6.45) is 0. The Morgan fingerprint density at radius 2 is 1.88 bits per heavy atom. The van der Waals surface area contributed by atoms with Crippen molar-refractivity contribution >= 4 is 22.9 Å². The molecular formula is C19H25N3OS. The van der Waals surface area contributed by atoms with E-state index in [2.05, 4.69) is 38.0 Å². The number of aryl methyl sites for hydroxylation is 2. The molecule has 0 spiro atoms. The Morgan fingerprint density at radius 1 is 1.12 bits per heavy atom. The zero-order valence-corrected chi connectivity index (χ0v) is 15.2. The van der Waals surface area contributed by atoms with Crippen LogP contribution >= 0.6 is 11.3 Å². The standard InChI is InChI=1S/C19H25N3OS/c1-15-3-4-16(2)18(11-15)20-19(23)13-22-8-6-21(7-9-22)12-17-5-10-24-14-17/h3-5,10-11,14H,6-9,12-13H2,1-2H3,(H,20,23). The van der Waals surface area contributed by atoms with Crippen molar-refractivity contribution in [2.45, 2.75) is 20.4 Å². The minimum atomic E-state index is 0.0787. The van der Waals surface area contributed by atoms with Crippen molar-refractivity contribution in [1.29, 1.82) is 0 Å². The molecule has 24 heavy (non-hydrogen) atoms. The molecule has 1 aliphatic rings. The van der Waals surface area contributed by atoms with Crippen LogP contribution in [0.25, 0.3) is 0 Å². The van der Waals surface area contributed by atoms with E-state index in [4.69, 9.17) is 0 Å². The van der Waals surface area contributed by atoms with Gasteiger partial charge in [-0.2, -0.15) is 11.3 Å². The molecule has 0 aliphatic carbocycles. The first-order chi connectivity index (χ1) is 11.6. The smallest absolute Gasteiger partial charge is 0.238 e. The zero-order chi connectivity index (χ0) is 16.9. The molecule has 128 valence electrons. The predicted molar refractivity (Wildman–Crippen MR) is 101 cm³/mol. The molecular weight excluding hydrogens is 318 g/mol. The molecule has 0 saturated carbocycles. The van der Waals surface area contributed by atoms with Gasteiger partial charge in [-0.15, -0.1) is 0 Å². The molecule has 0 unspecified atom stereocenters. The normalized spacial score (nSPS) is 16.2. The van der Waals surface area contributed by atoms with Crippen LogP contribution in [0.1, 0.15) is 16.7 Å². The van der Waals surface area contributed by atoms with Gasteiger partial charge in [0.25, 0.3) is 0 Å². The lowest BCUT2D eigenvalue weighted by Crippen LogP contribution is -2.48. The van der Waals surface area contributed by atoms with Crippen LogP contribution in [0.4, 0.5) is 5.69 Å². The molecule has 2 heterocycles. The SMILES string of the molecule is Cc1ccc(C)c(NC(=O)CN2CCN(Cc3ccsc3)CC2)c1. The van der Waals surface area contributed by atoms with Crippen molar-refractivity contribution in [2.24, 2.45) is 0 Å². The minimum Gasteiger partial charge on any atom is -0.325 e. The van der Waals surface area contributed by atoms with Gasteiger partial charge in [-0.3, -0.25) is 14.6 Å². The number of hydrogen-bond donors (Lipinski definition) is 1. The number of nitrogens with one attached hydrogen (secondary N) is 1. The highest BCUT2D eigenvalue weighted by Gasteiger charge is 2.19. The zero-order valence-electron chi connectivity index (χ0n) is 14.4. The highest BCUT2D eigenvalue weighted by atomic mass is 32.1. The first-order valence-corrected chi connectivity index (χ1v) is 9.37. The average Bonchev–Trinajstić information content (AvgIpc) is 3.06. The molecule has 2 aromatic rings. The van der Waals surface area contributed by atoms with Crippen molar-refractivity contribution < 1.29 is 4.79 Å². The van der Waals surface area contributed by atoms with Crippen molar-refractivity contribution in [3.63, 3.8) is 0 Å². The van der Waals surface area contributed by atoms with Crippen LogP contribution in [0.3, 0.4) is 0 Å². The maximum absolute atomic E-state index is 12.3. The molecule has 3 rings (SSSR count). The largest absolute Gasteiger partial charge is 0.325 e. The predicted octanol–water partition coefficient (Wildman–Crippen LogP) is 3.12. The van der Waals surface area contributed by atoms with Crippen LogP contribution < -0.4 is 5.32 Å². The van der Waals surface area contributed by atoms with E-state index < -0.39 is 0 Å². The summed E-state index contributed by atoms with van der Waals surface area (Å²) in [4.78, 5) is 17.0. The van der Waals surface area contributed by atoms with E-state index in [1.807, 2.05) is 26.0 Å². The van der Waals surface area contributed by atoms with Gasteiger partial charge >= 0.3 is 0 Å². The summed E-state index contributed by atoms with van der Waals surface area (Å²) in [6.45, 7) is 9.50. The third kappa shape index (κ3) is 4.66. The molecule has 5 heteroatoms. The first-order valence-electron chi connectivity index (χ1n) is 8.43. The second-order valence-electron chi connectivity index (χ2n) is 6.55. The van der Waals surface area contributed by atoms with Gasteiger partial charge < -0.3 is 5.32 Å². The number of amides is 1. The third-order valence-electron chi connectivity index (χ3n) is 4.49. The Morgan fingerprint density at radius 3 is 2.58 bits per heavy atom. The fourth-order valence-electron chi connectivity index (χ4n) is 3.01. The Bertz CT molecular complexity index is 676. The molecule has 1 N–H and O–H groups in total. The molecule has 4 nitrogen and oxygen atoms in total. The van der Waals surface area contributed by atoms with Crippen LogP contribution in [0.15, 0.2) is 35.0 Å². The van der Waals surface area contributed by atoms with Crippen molar-refractivity contribution in [3.05, 3.63) is 51.7 Å². The van der Waals surface area contributed by atoms with Crippen LogP contribution in [0.2, 0.25) is 0 Å². The van der Waals surface area contributed by atoms with Crippen molar-refractivity contribution in [1.82, 2.24) is 9.80 Å². The minimum absolute atomic E-state index is 0.0787. The quantitative estimate of drug-likeness (QED) is 0.906. The highest BCUT2D eigenvalue weighted by Crippen LogP contribution is 2.16. The highest BCUT2D eigenvalue weighted by molar-refractivity contribution is 7.07. The Labute approximate surface area is 148 Å². The lowest BCUT2D eigenvalue weighted by atomic mass is 10.1. The fourth-order valence-corrected chi connectivity index (χ4v) is 3.67. The summed E-state index contributed by atoms with van der Waals surface area (Å²) in [7, 11) is 0. The van der Waals surface area contributed by atoms with Crippen LogP contribution in [-0.2, 0) is 11.3 Å². The monoisotopic (exact) mass is 343 g/mol. The number of hydrogen-bond acceptors (Lipinski definition) is 4. The molecule has 1 fully saturated rings. The van der Waals surface area contributed by atoms with Gasteiger partial charge in [-0.1, -0.05) is 12.1 Å². The van der Waals surface area contributed by atoms with Gasteiger partial charge in [0.1, 0.15) is 0 Å². The molecule has 1 saturated heterocycles. The summed E-state index contributed by atoms with van der Waals surface area (Å²) >= 11 is 1.75. The molecule has 0 radical (unpaired) electrons. The number of nitrogens with zero attached hydrogens (tertiary/aromatic N) is 2. The molecule has 1 aliphatic heterocycles. The van der Waals surface area contributed by atoms with E-state index in [0.29, 0.717) is 6.54 Å². The second-order valence-corrected chi connectivity index (χ2v) is 7.33. The Balaban J connectivity index is 1.45. The third-order valence-corrected chi connectivity index (χ3v) is 5.22. The van der Waals surface area contributed by atoms with Crippen LogP contribution in [0.5, 0.6) is 0 Å². The van der Waals surface area contributed by atoms with Gasteiger partial charge in [0.05, 0.1) is 6.54 Å². The van der Waals surface area contributed by atoms with E-state index in [0.717, 1.165) is 49.5 Å². The lowest BCUT2D eigenvalue weighted by molar-refractivity contribution is -0.117. The van der Waals surface area contributed by atoms with E-state index in [9.17, 15) is 4.79 Å². The van der Waals surface area contributed by atoms with Gasteiger partial charge in [0, 0.05) is 38.4 Å². The second kappa shape index (κ2) is 7.92. The summed E-state index contributed by atoms with van der Waals surface area (Å²) in [5.74, 6) is 0.0787. The fraction of sp³-hybridized carbons (Fsp3) is 0.421. The maximum Gasteiger partial charge on any atom is 0.238 e. The summed E-state index contributed by atoms with van der Waals surface area (Å²) in [5.41, 5.74) is 4.59. The number of carbonyl (C=O) groups is 1. The number of carbonyl (C=O) groups excluding carboxylic acids is 1. The lowest BCUT2D eigenvalue weighted by Gasteiger charge is -2.34. The van der Waals surface area contributed by atoms with Gasteiger partial charge in [0.2, 0.25) is 5.91 Å². The van der Waals surface area contributed by atoms with E-state index in [-0.39, 0.29) is 5.91 Å². The summed E-state index contributed by atoms with van der Waals surface area (Å²) in [5, 5.41) is 7.39. The number of rotatable bonds is 5. The molecule has 0 atom stereocenters.